The lowest BCUT2D eigenvalue weighted by atomic mass is 10.1. The molecule has 5 heteroatoms. The number of rotatable bonds is 2. The van der Waals surface area contributed by atoms with Crippen molar-refractivity contribution >= 4 is 26.8 Å². The zero-order chi connectivity index (χ0) is 13.5. The van der Waals surface area contributed by atoms with Gasteiger partial charge in [0.2, 0.25) is 0 Å². The summed E-state index contributed by atoms with van der Waals surface area (Å²) in [6.07, 6.45) is 0. The molecular formula is C13H14FO2PS. The molecule has 0 spiro atoms. The van der Waals surface area contributed by atoms with Crippen molar-refractivity contribution in [3.63, 3.8) is 0 Å². The highest BCUT2D eigenvalue weighted by Gasteiger charge is 2.15. The SMILES string of the molecule is CC.O=C(OP)c1cc(-c2ccccc2)c(F)s1. The van der Waals surface area contributed by atoms with Crippen LogP contribution in [0, 0.1) is 5.13 Å². The van der Waals surface area contributed by atoms with Gasteiger partial charge in [0.25, 0.3) is 0 Å². The molecule has 18 heavy (non-hydrogen) atoms. The Hall–Kier alpha value is -1.25. The van der Waals surface area contributed by atoms with E-state index in [1.807, 2.05) is 41.5 Å². The largest absolute Gasteiger partial charge is 0.447 e. The van der Waals surface area contributed by atoms with E-state index in [4.69, 9.17) is 0 Å². The second kappa shape index (κ2) is 7.24. The van der Waals surface area contributed by atoms with Gasteiger partial charge in [-0.1, -0.05) is 55.5 Å². The van der Waals surface area contributed by atoms with Gasteiger partial charge in [0.15, 0.2) is 5.13 Å². The van der Waals surface area contributed by atoms with Gasteiger partial charge in [-0.2, -0.15) is 4.39 Å². The van der Waals surface area contributed by atoms with Crippen molar-refractivity contribution in [3.8, 4) is 11.1 Å². The Morgan fingerprint density at radius 2 is 1.89 bits per heavy atom. The van der Waals surface area contributed by atoms with Crippen LogP contribution >= 0.6 is 20.8 Å². The summed E-state index contributed by atoms with van der Waals surface area (Å²) in [6.45, 7) is 4.00. The minimum Gasteiger partial charge on any atom is -0.447 e. The number of thiophene rings is 1. The van der Waals surface area contributed by atoms with Crippen molar-refractivity contribution in [3.05, 3.63) is 46.4 Å². The average Bonchev–Trinajstić information content (AvgIpc) is 2.83. The molecule has 0 aliphatic rings. The van der Waals surface area contributed by atoms with Gasteiger partial charge >= 0.3 is 5.97 Å². The van der Waals surface area contributed by atoms with Crippen LogP contribution in [0.2, 0.25) is 0 Å². The number of hydrogen-bond donors (Lipinski definition) is 0. The Morgan fingerprint density at radius 1 is 1.28 bits per heavy atom. The van der Waals surface area contributed by atoms with E-state index in [0.717, 1.165) is 16.9 Å². The van der Waals surface area contributed by atoms with Crippen molar-refractivity contribution in [1.82, 2.24) is 0 Å². The number of halogens is 1. The summed E-state index contributed by atoms with van der Waals surface area (Å²) in [6, 6.07) is 10.6. The quantitative estimate of drug-likeness (QED) is 0.757. The van der Waals surface area contributed by atoms with Crippen LogP contribution in [0.4, 0.5) is 4.39 Å². The molecule has 0 bridgehead atoms. The van der Waals surface area contributed by atoms with E-state index < -0.39 is 5.97 Å². The van der Waals surface area contributed by atoms with Gasteiger partial charge in [-0.15, -0.1) is 0 Å². The third-order valence-electron chi connectivity index (χ3n) is 2.08. The lowest BCUT2D eigenvalue weighted by molar-refractivity contribution is 0.0770. The molecule has 0 saturated heterocycles. The Balaban J connectivity index is 0.000000771. The zero-order valence-corrected chi connectivity index (χ0v) is 12.1. The number of hydrogen-bond acceptors (Lipinski definition) is 3. The Labute approximate surface area is 112 Å². The predicted molar refractivity (Wildman–Crippen MR) is 76.2 cm³/mol. The third kappa shape index (κ3) is 3.37. The molecule has 0 amide bonds. The van der Waals surface area contributed by atoms with Crippen LogP contribution in [-0.2, 0) is 4.52 Å². The maximum Gasteiger partial charge on any atom is 0.350 e. The molecule has 1 unspecified atom stereocenters. The predicted octanol–water partition coefficient (Wildman–Crippen LogP) is 4.53. The van der Waals surface area contributed by atoms with E-state index in [1.54, 1.807) is 12.1 Å². The van der Waals surface area contributed by atoms with E-state index in [2.05, 4.69) is 4.52 Å². The first-order chi connectivity index (χ1) is 8.72. The summed E-state index contributed by atoms with van der Waals surface area (Å²) in [5.74, 6) is -0.545. The van der Waals surface area contributed by atoms with E-state index in [0.29, 0.717) is 5.56 Å². The van der Waals surface area contributed by atoms with Crippen molar-refractivity contribution in [2.24, 2.45) is 0 Å². The molecule has 0 saturated carbocycles. The molecule has 1 atom stereocenters. The van der Waals surface area contributed by atoms with Crippen LogP contribution < -0.4 is 0 Å². The summed E-state index contributed by atoms with van der Waals surface area (Å²) in [5.41, 5.74) is 1.18. The number of carbonyl (C=O) groups excluding carboxylic acids is 1. The standard InChI is InChI=1S/C11H8FO2PS.C2H6/c12-10-8(7-4-2-1-3-5-7)6-9(16-10)11(13)14-15;1-2/h1-6H,15H2;1-2H3. The van der Waals surface area contributed by atoms with Gasteiger partial charge in [-0.25, -0.2) is 4.79 Å². The van der Waals surface area contributed by atoms with Crippen molar-refractivity contribution in [1.29, 1.82) is 0 Å². The van der Waals surface area contributed by atoms with Gasteiger partial charge in [-0.3, -0.25) is 0 Å². The third-order valence-corrected chi connectivity index (χ3v) is 3.20. The monoisotopic (exact) mass is 284 g/mol. The Kier molecular flexibility index (Phi) is 5.96. The van der Waals surface area contributed by atoms with Crippen LogP contribution in [0.5, 0.6) is 0 Å². The van der Waals surface area contributed by atoms with Gasteiger partial charge in [0, 0.05) is 5.56 Å². The summed E-state index contributed by atoms with van der Waals surface area (Å²) in [4.78, 5) is 11.5. The number of carbonyl (C=O) groups is 1. The molecule has 0 radical (unpaired) electrons. The van der Waals surface area contributed by atoms with Crippen molar-refractivity contribution in [2.75, 3.05) is 0 Å². The first kappa shape index (κ1) is 14.8. The maximum absolute atomic E-state index is 13.6. The molecule has 0 fully saturated rings. The zero-order valence-electron chi connectivity index (χ0n) is 10.1. The minimum atomic E-state index is -0.545. The minimum absolute atomic E-state index is 0.256. The molecule has 1 aromatic carbocycles. The molecule has 2 aromatic rings. The molecule has 1 heterocycles. The van der Waals surface area contributed by atoms with E-state index in [-0.39, 0.29) is 10.0 Å². The topological polar surface area (TPSA) is 26.3 Å². The van der Waals surface area contributed by atoms with Gasteiger partial charge in [0.05, 0.1) is 9.47 Å². The highest BCUT2D eigenvalue weighted by molar-refractivity contribution is 7.14. The summed E-state index contributed by atoms with van der Waals surface area (Å²) in [5, 5.41) is -0.378. The molecule has 0 N–H and O–H groups in total. The Morgan fingerprint density at radius 3 is 2.44 bits per heavy atom. The molecule has 2 nitrogen and oxygen atoms in total. The smallest absolute Gasteiger partial charge is 0.350 e. The lowest BCUT2D eigenvalue weighted by Crippen LogP contribution is -1.92. The first-order valence-corrected chi connectivity index (χ1v) is 6.77. The fourth-order valence-corrected chi connectivity index (χ4v) is 2.34. The molecule has 96 valence electrons. The molecule has 0 aliphatic carbocycles. The average molecular weight is 284 g/mol. The van der Waals surface area contributed by atoms with Crippen molar-refractivity contribution < 1.29 is 13.7 Å². The fourth-order valence-electron chi connectivity index (χ4n) is 1.34. The van der Waals surface area contributed by atoms with E-state index in [1.165, 1.54) is 6.07 Å². The van der Waals surface area contributed by atoms with Gasteiger partial charge in [-0.05, 0) is 11.6 Å². The molecule has 1 aromatic heterocycles. The summed E-state index contributed by atoms with van der Waals surface area (Å²) < 4.78 is 18.1. The van der Waals surface area contributed by atoms with Crippen LogP contribution in [0.25, 0.3) is 11.1 Å². The van der Waals surface area contributed by atoms with Gasteiger partial charge < -0.3 is 4.52 Å². The molecule has 0 aliphatic heterocycles. The second-order valence-electron chi connectivity index (χ2n) is 3.07. The van der Waals surface area contributed by atoms with Crippen LogP contribution in [-0.4, -0.2) is 5.97 Å². The highest BCUT2D eigenvalue weighted by Crippen LogP contribution is 2.30. The maximum atomic E-state index is 13.6. The highest BCUT2D eigenvalue weighted by atomic mass is 32.1. The van der Waals surface area contributed by atoms with E-state index in [9.17, 15) is 9.18 Å². The lowest BCUT2D eigenvalue weighted by Gasteiger charge is -1.96. The van der Waals surface area contributed by atoms with Crippen molar-refractivity contribution in [2.45, 2.75) is 13.8 Å². The van der Waals surface area contributed by atoms with Crippen LogP contribution in [0.15, 0.2) is 36.4 Å². The second-order valence-corrected chi connectivity index (χ2v) is 4.31. The van der Waals surface area contributed by atoms with Gasteiger partial charge in [0.1, 0.15) is 4.88 Å². The molecular weight excluding hydrogens is 270 g/mol. The summed E-state index contributed by atoms with van der Waals surface area (Å²) in [7, 11) is 1.86. The Bertz CT molecular complexity index is 511. The van der Waals surface area contributed by atoms with Crippen LogP contribution in [0.1, 0.15) is 23.5 Å². The van der Waals surface area contributed by atoms with E-state index >= 15 is 0 Å². The molecule has 2 rings (SSSR count). The number of benzene rings is 1. The normalized spacial score (nSPS) is 9.33. The summed E-state index contributed by atoms with van der Waals surface area (Å²) >= 11 is 0.787. The van der Waals surface area contributed by atoms with Crippen LogP contribution in [0.3, 0.4) is 0 Å². The fraction of sp³-hybridized carbons (Fsp3) is 0.154. The first-order valence-electron chi connectivity index (χ1n) is 5.48.